The van der Waals surface area contributed by atoms with Gasteiger partial charge in [0.05, 0.1) is 25.3 Å². The number of likely N-dealkylation sites (N-methyl/N-ethyl adjacent to an activating group) is 1. The van der Waals surface area contributed by atoms with Crippen molar-refractivity contribution in [2.24, 2.45) is 0 Å². The molecule has 1 aromatic rings. The minimum atomic E-state index is 0.149. The molecule has 0 amide bonds. The van der Waals surface area contributed by atoms with Crippen LogP contribution in [-0.2, 0) is 6.54 Å². The molecule has 4 nitrogen and oxygen atoms in total. The zero-order valence-electron chi connectivity index (χ0n) is 11.8. The summed E-state index contributed by atoms with van der Waals surface area (Å²) in [6.07, 6.45) is 0. The molecular weight excluding hydrogens is 266 g/mol. The van der Waals surface area contributed by atoms with Crippen LogP contribution in [0.25, 0.3) is 0 Å². The Hall–Kier alpha value is -0.970. The van der Waals surface area contributed by atoms with Crippen LogP contribution < -0.4 is 9.47 Å². The fraction of sp³-hybridized carbons (Fsp3) is 0.571. The first-order valence-corrected chi connectivity index (χ1v) is 6.86. The first-order valence-electron chi connectivity index (χ1n) is 6.48. The molecule has 0 aliphatic heterocycles. The van der Waals surface area contributed by atoms with E-state index in [-0.39, 0.29) is 6.61 Å². The lowest BCUT2D eigenvalue weighted by molar-refractivity contribution is 0.196. The lowest BCUT2D eigenvalue weighted by Gasteiger charge is -2.20. The van der Waals surface area contributed by atoms with Crippen molar-refractivity contribution in [2.75, 3.05) is 33.4 Å². The normalized spacial score (nSPS) is 10.8. The van der Waals surface area contributed by atoms with E-state index in [1.54, 1.807) is 7.11 Å². The topological polar surface area (TPSA) is 41.9 Å². The van der Waals surface area contributed by atoms with Gasteiger partial charge in [-0.05, 0) is 31.2 Å². The van der Waals surface area contributed by atoms with Crippen LogP contribution in [0.5, 0.6) is 11.5 Å². The first kappa shape index (κ1) is 16.1. The summed E-state index contributed by atoms with van der Waals surface area (Å²) in [5, 5.41) is 9.55. The van der Waals surface area contributed by atoms with Crippen molar-refractivity contribution in [3.05, 3.63) is 22.7 Å². The predicted octanol–water partition coefficient (Wildman–Crippen LogP) is 2.56. The van der Waals surface area contributed by atoms with Gasteiger partial charge in [0.25, 0.3) is 0 Å². The van der Waals surface area contributed by atoms with Gasteiger partial charge in [-0.25, -0.2) is 0 Å². The highest BCUT2D eigenvalue weighted by atomic mass is 35.5. The van der Waals surface area contributed by atoms with Crippen LogP contribution in [0.1, 0.15) is 19.4 Å². The molecule has 1 rings (SSSR count). The van der Waals surface area contributed by atoms with E-state index in [0.29, 0.717) is 29.7 Å². The number of rotatable bonds is 8. The summed E-state index contributed by atoms with van der Waals surface area (Å²) in [6.45, 7) is 6.92. The summed E-state index contributed by atoms with van der Waals surface area (Å²) in [7, 11) is 1.58. The number of halogens is 1. The Kier molecular flexibility index (Phi) is 6.99. The number of nitrogens with zero attached hydrogens (tertiary/aromatic N) is 1. The number of aliphatic hydroxyl groups is 1. The van der Waals surface area contributed by atoms with Gasteiger partial charge >= 0.3 is 0 Å². The van der Waals surface area contributed by atoms with Crippen LogP contribution in [0.15, 0.2) is 12.1 Å². The zero-order chi connectivity index (χ0) is 14.3. The Morgan fingerprint density at radius 3 is 2.58 bits per heavy atom. The molecule has 108 valence electrons. The molecule has 0 saturated heterocycles. The van der Waals surface area contributed by atoms with Gasteiger partial charge in [-0.1, -0.05) is 18.5 Å². The molecule has 0 fully saturated rings. The second kappa shape index (κ2) is 8.25. The van der Waals surface area contributed by atoms with Crippen LogP contribution in [0.4, 0.5) is 0 Å². The summed E-state index contributed by atoms with van der Waals surface area (Å²) in [5.74, 6) is 1.23. The van der Waals surface area contributed by atoms with Crippen molar-refractivity contribution < 1.29 is 14.6 Å². The number of hydrogen-bond acceptors (Lipinski definition) is 4. The predicted molar refractivity (Wildman–Crippen MR) is 77.2 cm³/mol. The maximum atomic E-state index is 9.01. The second-order valence-electron chi connectivity index (χ2n) is 4.13. The minimum absolute atomic E-state index is 0.149. The fourth-order valence-corrected chi connectivity index (χ4v) is 2.23. The van der Waals surface area contributed by atoms with Crippen molar-refractivity contribution in [2.45, 2.75) is 20.4 Å². The van der Waals surface area contributed by atoms with Gasteiger partial charge in [-0.15, -0.1) is 0 Å². The van der Waals surface area contributed by atoms with Crippen LogP contribution in [0, 0.1) is 0 Å². The molecule has 1 aromatic carbocycles. The molecular formula is C14H22ClNO3. The van der Waals surface area contributed by atoms with Crippen molar-refractivity contribution in [3.63, 3.8) is 0 Å². The second-order valence-corrected chi connectivity index (χ2v) is 4.54. The Balaban J connectivity index is 2.95. The first-order chi connectivity index (χ1) is 9.15. The number of hydrogen-bond donors (Lipinski definition) is 1. The summed E-state index contributed by atoms with van der Waals surface area (Å²) in [5.41, 5.74) is 1.05. The number of aliphatic hydroxyl groups excluding tert-OH is 1. The van der Waals surface area contributed by atoms with E-state index in [2.05, 4.69) is 11.8 Å². The Bertz CT molecular complexity index is 399. The van der Waals surface area contributed by atoms with Crippen LogP contribution in [-0.4, -0.2) is 43.4 Å². The van der Waals surface area contributed by atoms with E-state index in [1.807, 2.05) is 19.1 Å². The Labute approximate surface area is 119 Å². The van der Waals surface area contributed by atoms with Gasteiger partial charge in [0.2, 0.25) is 0 Å². The van der Waals surface area contributed by atoms with Gasteiger partial charge in [-0.3, -0.25) is 4.90 Å². The van der Waals surface area contributed by atoms with E-state index >= 15 is 0 Å². The maximum absolute atomic E-state index is 9.01. The SMILES string of the molecule is CCOc1cc(CN(CC)CCO)cc(Cl)c1OC. The van der Waals surface area contributed by atoms with Crippen LogP contribution >= 0.6 is 11.6 Å². The molecule has 0 unspecified atom stereocenters. The molecule has 0 bridgehead atoms. The molecule has 0 aliphatic rings. The molecule has 1 N–H and O–H groups in total. The molecule has 0 saturated carbocycles. The molecule has 19 heavy (non-hydrogen) atoms. The van der Waals surface area contributed by atoms with Crippen LogP contribution in [0.3, 0.4) is 0 Å². The average molecular weight is 288 g/mol. The third-order valence-electron chi connectivity index (χ3n) is 2.84. The third-order valence-corrected chi connectivity index (χ3v) is 3.12. The van der Waals surface area contributed by atoms with E-state index in [9.17, 15) is 0 Å². The highest BCUT2D eigenvalue weighted by Gasteiger charge is 2.13. The zero-order valence-corrected chi connectivity index (χ0v) is 12.5. The van der Waals surface area contributed by atoms with E-state index < -0.39 is 0 Å². The Morgan fingerprint density at radius 1 is 1.32 bits per heavy atom. The van der Waals surface area contributed by atoms with Gasteiger partial charge in [-0.2, -0.15) is 0 Å². The smallest absolute Gasteiger partial charge is 0.179 e. The van der Waals surface area contributed by atoms with Crippen molar-refractivity contribution in [3.8, 4) is 11.5 Å². The van der Waals surface area contributed by atoms with E-state index in [0.717, 1.165) is 18.7 Å². The lowest BCUT2D eigenvalue weighted by Crippen LogP contribution is -2.26. The average Bonchev–Trinajstić information content (AvgIpc) is 2.38. The van der Waals surface area contributed by atoms with Gasteiger partial charge in [0, 0.05) is 13.1 Å². The number of methoxy groups -OCH3 is 1. The van der Waals surface area contributed by atoms with E-state index in [4.69, 9.17) is 26.2 Å². The largest absolute Gasteiger partial charge is 0.491 e. The standard InChI is InChI=1S/C14H22ClNO3/c1-4-16(6-7-17)10-11-8-12(15)14(18-3)13(9-11)19-5-2/h8-9,17H,4-7,10H2,1-3H3. The molecule has 0 aromatic heterocycles. The molecule has 0 aliphatic carbocycles. The highest BCUT2D eigenvalue weighted by molar-refractivity contribution is 6.32. The van der Waals surface area contributed by atoms with Crippen LogP contribution in [0.2, 0.25) is 5.02 Å². The number of benzene rings is 1. The quantitative estimate of drug-likeness (QED) is 0.798. The van der Waals surface area contributed by atoms with Gasteiger partial charge in [0.15, 0.2) is 11.5 Å². The monoisotopic (exact) mass is 287 g/mol. The molecule has 0 spiro atoms. The molecule has 5 heteroatoms. The van der Waals surface area contributed by atoms with Crippen molar-refractivity contribution in [1.82, 2.24) is 4.90 Å². The molecule has 0 heterocycles. The summed E-state index contributed by atoms with van der Waals surface area (Å²) in [4.78, 5) is 2.13. The molecule has 0 atom stereocenters. The Morgan fingerprint density at radius 2 is 2.05 bits per heavy atom. The van der Waals surface area contributed by atoms with Gasteiger partial charge < -0.3 is 14.6 Å². The van der Waals surface area contributed by atoms with E-state index in [1.165, 1.54) is 0 Å². The van der Waals surface area contributed by atoms with Gasteiger partial charge in [0.1, 0.15) is 0 Å². The minimum Gasteiger partial charge on any atom is -0.491 e. The van der Waals surface area contributed by atoms with Crippen molar-refractivity contribution in [1.29, 1.82) is 0 Å². The molecule has 0 radical (unpaired) electrons. The summed E-state index contributed by atoms with van der Waals surface area (Å²) in [6, 6.07) is 3.82. The number of ether oxygens (including phenoxy) is 2. The fourth-order valence-electron chi connectivity index (χ4n) is 1.92. The third kappa shape index (κ3) is 4.56. The summed E-state index contributed by atoms with van der Waals surface area (Å²) >= 11 is 6.20. The maximum Gasteiger partial charge on any atom is 0.179 e. The lowest BCUT2D eigenvalue weighted by atomic mass is 10.2. The highest BCUT2D eigenvalue weighted by Crippen LogP contribution is 2.36. The van der Waals surface area contributed by atoms with Crippen molar-refractivity contribution >= 4 is 11.6 Å². The summed E-state index contributed by atoms with van der Waals surface area (Å²) < 4.78 is 10.8.